The fraction of sp³-hybridized carbons (Fsp3) is 0.355. The molecule has 7 nitrogen and oxygen atoms in total. The van der Waals surface area contributed by atoms with E-state index in [4.69, 9.17) is 23.2 Å². The van der Waals surface area contributed by atoms with Crippen molar-refractivity contribution in [2.24, 2.45) is 0 Å². The van der Waals surface area contributed by atoms with Crippen molar-refractivity contribution in [1.82, 2.24) is 10.2 Å². The molecule has 1 fully saturated rings. The molecule has 1 N–H and O–H groups in total. The minimum Gasteiger partial charge on any atom is -0.352 e. The molecule has 1 saturated carbocycles. The first kappa shape index (κ1) is 32.3. The van der Waals surface area contributed by atoms with Gasteiger partial charge >= 0.3 is 0 Å². The summed E-state index contributed by atoms with van der Waals surface area (Å²) in [6.07, 6.45) is 5.01. The third kappa shape index (κ3) is 8.07. The molecule has 2 amide bonds. The molecule has 0 aliphatic heterocycles. The molecule has 1 atom stereocenters. The fourth-order valence-electron chi connectivity index (χ4n) is 4.98. The lowest BCUT2D eigenvalue weighted by atomic mass is 9.95. The Morgan fingerprint density at radius 3 is 2.33 bits per heavy atom. The topological polar surface area (TPSA) is 86.8 Å². The molecule has 0 radical (unpaired) electrons. The van der Waals surface area contributed by atoms with Crippen molar-refractivity contribution in [2.45, 2.75) is 69.5 Å². The summed E-state index contributed by atoms with van der Waals surface area (Å²) in [7, 11) is -4.15. The Morgan fingerprint density at radius 2 is 1.69 bits per heavy atom. The third-order valence-corrected chi connectivity index (χ3v) is 10.3. The van der Waals surface area contributed by atoms with Crippen LogP contribution in [0.2, 0.25) is 10.0 Å². The van der Waals surface area contributed by atoms with Crippen molar-refractivity contribution in [1.29, 1.82) is 0 Å². The number of benzene rings is 3. The van der Waals surface area contributed by atoms with Gasteiger partial charge in [0.25, 0.3) is 10.0 Å². The van der Waals surface area contributed by atoms with Crippen LogP contribution in [0.25, 0.3) is 0 Å². The second kappa shape index (κ2) is 14.3. The van der Waals surface area contributed by atoms with Gasteiger partial charge in [-0.15, -0.1) is 0 Å². The summed E-state index contributed by atoms with van der Waals surface area (Å²) in [5.74, 6) is -0.848. The third-order valence-electron chi connectivity index (χ3n) is 7.46. The maximum Gasteiger partial charge on any atom is 0.264 e. The van der Waals surface area contributed by atoms with Gasteiger partial charge in [-0.1, -0.05) is 88.2 Å². The molecule has 224 valence electrons. The van der Waals surface area contributed by atoms with Crippen LogP contribution in [-0.4, -0.2) is 43.8 Å². The van der Waals surface area contributed by atoms with E-state index in [1.165, 1.54) is 17.0 Å². The van der Waals surface area contributed by atoms with Crippen LogP contribution in [0.1, 0.15) is 50.2 Å². The zero-order valence-electron chi connectivity index (χ0n) is 23.5. The van der Waals surface area contributed by atoms with Gasteiger partial charge in [0, 0.05) is 27.1 Å². The number of carbonyl (C=O) groups is 2. The molecule has 0 spiro atoms. The first-order valence-corrected chi connectivity index (χ1v) is 16.8. The monoisotopic (exact) mass is 693 g/mol. The summed E-state index contributed by atoms with van der Waals surface area (Å²) in [5, 5.41) is 3.88. The van der Waals surface area contributed by atoms with Gasteiger partial charge in [-0.25, -0.2) is 8.42 Å². The quantitative estimate of drug-likeness (QED) is 0.245. The number of sulfonamides is 1. The van der Waals surface area contributed by atoms with E-state index in [1.54, 1.807) is 61.5 Å². The van der Waals surface area contributed by atoms with Crippen LogP contribution < -0.4 is 9.62 Å². The highest BCUT2D eigenvalue weighted by atomic mass is 79.9. The Hall–Kier alpha value is -2.59. The molecule has 0 heterocycles. The Labute approximate surface area is 266 Å². The molecule has 0 saturated heterocycles. The Bertz CT molecular complexity index is 1530. The van der Waals surface area contributed by atoms with E-state index >= 15 is 0 Å². The molecule has 1 aliphatic carbocycles. The summed E-state index contributed by atoms with van der Waals surface area (Å²) in [6, 6.07) is 17.3. The summed E-state index contributed by atoms with van der Waals surface area (Å²) in [4.78, 5) is 29.0. The summed E-state index contributed by atoms with van der Waals surface area (Å²) >= 11 is 16.0. The smallest absolute Gasteiger partial charge is 0.264 e. The second-order valence-electron chi connectivity index (χ2n) is 10.6. The van der Waals surface area contributed by atoms with Crippen molar-refractivity contribution in [3.05, 3.63) is 92.4 Å². The zero-order chi connectivity index (χ0) is 30.4. The normalized spacial score (nSPS) is 14.7. The molecule has 0 unspecified atom stereocenters. The van der Waals surface area contributed by atoms with Crippen molar-refractivity contribution in [3.8, 4) is 0 Å². The Morgan fingerprint density at radius 1 is 1.00 bits per heavy atom. The van der Waals surface area contributed by atoms with Crippen LogP contribution >= 0.6 is 39.1 Å². The maximum atomic E-state index is 14.1. The summed E-state index contributed by atoms with van der Waals surface area (Å²) < 4.78 is 29.6. The van der Waals surface area contributed by atoms with E-state index in [2.05, 4.69) is 21.2 Å². The van der Waals surface area contributed by atoms with E-state index < -0.39 is 28.5 Å². The molecule has 0 bridgehead atoms. The lowest BCUT2D eigenvalue weighted by molar-refractivity contribution is -0.139. The molecule has 11 heteroatoms. The van der Waals surface area contributed by atoms with Crippen molar-refractivity contribution >= 4 is 66.7 Å². The van der Waals surface area contributed by atoms with Gasteiger partial charge in [0.2, 0.25) is 11.8 Å². The molecule has 42 heavy (non-hydrogen) atoms. The number of nitrogens with one attached hydrogen (secondary N) is 1. The number of hydrogen-bond donors (Lipinski definition) is 1. The number of aryl methyl sites for hydroxylation is 1. The van der Waals surface area contributed by atoms with E-state index in [0.29, 0.717) is 25.8 Å². The standard InChI is InChI=1S/C31H34BrCl2N3O4S/c1-21-11-15-28(16-12-21)42(40,41)37(27-10-6-7-24(32)17-27)20-30(38)36(19-23-13-14-25(33)18-29(23)34)22(2)31(39)35-26-8-4-3-5-9-26/h6-7,10-18,22,26H,3-5,8-9,19-20H2,1-2H3,(H,35,39)/t22-/m1/s1. The minimum absolute atomic E-state index is 0.00894. The van der Waals surface area contributed by atoms with E-state index in [9.17, 15) is 18.0 Å². The highest BCUT2D eigenvalue weighted by Crippen LogP contribution is 2.28. The fourth-order valence-corrected chi connectivity index (χ4v) is 7.24. The average Bonchev–Trinajstić information content (AvgIpc) is 2.95. The van der Waals surface area contributed by atoms with Crippen LogP contribution in [0.3, 0.4) is 0 Å². The molecule has 0 aromatic heterocycles. The van der Waals surface area contributed by atoms with Gasteiger partial charge in [-0.3, -0.25) is 13.9 Å². The lowest BCUT2D eigenvalue weighted by Gasteiger charge is -2.33. The first-order chi connectivity index (χ1) is 20.0. The molecule has 3 aromatic rings. The minimum atomic E-state index is -4.15. The average molecular weight is 696 g/mol. The van der Waals surface area contributed by atoms with Crippen LogP contribution in [-0.2, 0) is 26.2 Å². The molecular weight excluding hydrogens is 661 g/mol. The van der Waals surface area contributed by atoms with Gasteiger partial charge in [0.15, 0.2) is 0 Å². The maximum absolute atomic E-state index is 14.1. The van der Waals surface area contributed by atoms with Gasteiger partial charge in [-0.2, -0.15) is 0 Å². The summed E-state index contributed by atoms with van der Waals surface area (Å²) in [5.41, 5.74) is 1.80. The molecule has 3 aromatic carbocycles. The predicted octanol–water partition coefficient (Wildman–Crippen LogP) is 7.13. The van der Waals surface area contributed by atoms with E-state index in [-0.39, 0.29) is 23.4 Å². The highest BCUT2D eigenvalue weighted by molar-refractivity contribution is 9.10. The SMILES string of the molecule is Cc1ccc(S(=O)(=O)N(CC(=O)N(Cc2ccc(Cl)cc2Cl)[C@H](C)C(=O)NC2CCCCC2)c2cccc(Br)c2)cc1. The number of anilines is 1. The van der Waals surface area contributed by atoms with E-state index in [1.807, 2.05) is 6.92 Å². The molecule has 4 rings (SSSR count). The zero-order valence-corrected chi connectivity index (χ0v) is 27.4. The number of halogens is 3. The van der Waals surface area contributed by atoms with Gasteiger partial charge < -0.3 is 10.2 Å². The van der Waals surface area contributed by atoms with Crippen LogP contribution in [0.5, 0.6) is 0 Å². The second-order valence-corrected chi connectivity index (χ2v) is 14.2. The van der Waals surface area contributed by atoms with Gasteiger partial charge in [-0.05, 0) is 74.7 Å². The lowest BCUT2D eigenvalue weighted by Crippen LogP contribution is -2.53. The molecule has 1 aliphatic rings. The van der Waals surface area contributed by atoms with Crippen molar-refractivity contribution in [2.75, 3.05) is 10.8 Å². The van der Waals surface area contributed by atoms with Gasteiger partial charge in [0.05, 0.1) is 10.6 Å². The molecular formula is C31H34BrCl2N3O4S. The first-order valence-electron chi connectivity index (χ1n) is 13.8. The number of hydrogen-bond acceptors (Lipinski definition) is 4. The number of carbonyl (C=O) groups excluding carboxylic acids is 2. The van der Waals surface area contributed by atoms with Crippen molar-refractivity contribution < 1.29 is 18.0 Å². The van der Waals surface area contributed by atoms with Gasteiger partial charge in [0.1, 0.15) is 12.6 Å². The predicted molar refractivity (Wildman–Crippen MR) is 171 cm³/mol. The highest BCUT2D eigenvalue weighted by Gasteiger charge is 2.33. The Balaban J connectivity index is 1.69. The van der Waals surface area contributed by atoms with Crippen molar-refractivity contribution in [3.63, 3.8) is 0 Å². The number of rotatable bonds is 10. The Kier molecular flexibility index (Phi) is 11.0. The number of amides is 2. The summed E-state index contributed by atoms with van der Waals surface area (Å²) in [6.45, 7) is 2.98. The van der Waals surface area contributed by atoms with E-state index in [0.717, 1.165) is 42.0 Å². The number of nitrogens with zero attached hydrogens (tertiary/aromatic N) is 2. The van der Waals surface area contributed by atoms with Crippen LogP contribution in [0.4, 0.5) is 5.69 Å². The largest absolute Gasteiger partial charge is 0.352 e. The van der Waals surface area contributed by atoms with Crippen LogP contribution in [0.15, 0.2) is 76.1 Å². The van der Waals surface area contributed by atoms with Crippen LogP contribution in [0, 0.1) is 6.92 Å².